The van der Waals surface area contributed by atoms with Crippen LogP contribution in [0.4, 0.5) is 0 Å². The summed E-state index contributed by atoms with van der Waals surface area (Å²) in [7, 11) is 0. The topological polar surface area (TPSA) is 206 Å². The van der Waals surface area contributed by atoms with Gasteiger partial charge in [0.2, 0.25) is 0 Å². The molecule has 1 aliphatic heterocycles. The molecule has 0 unspecified atom stereocenters. The van der Waals surface area contributed by atoms with Crippen molar-refractivity contribution in [2.75, 3.05) is 0 Å². The molecule has 1 heterocycles. The zero-order valence-corrected chi connectivity index (χ0v) is 6.96. The molecule has 0 aliphatic carbocycles. The number of nitrogens with zero attached hydrogens (tertiary/aromatic N) is 5. The molecule has 14 heavy (non-hydrogen) atoms. The van der Waals surface area contributed by atoms with Crippen LogP contribution in [-0.4, -0.2) is 37.3 Å². The first kappa shape index (κ1) is 12.8. The van der Waals surface area contributed by atoms with Crippen LogP contribution in [0.25, 0.3) is 0 Å². The standard InChI is InChI=1S/CH11N9.HNO3/c2-1-7(3)9(5)10(6)8(1)4;2-1(3)4/h1H,2-6H2;(H,2,3,4). The summed E-state index contributed by atoms with van der Waals surface area (Å²) in [6.45, 7) is 0. The summed E-state index contributed by atoms with van der Waals surface area (Å²) in [6, 6.07) is 0. The van der Waals surface area contributed by atoms with E-state index in [1.54, 1.807) is 0 Å². The third kappa shape index (κ3) is 2.96. The van der Waals surface area contributed by atoms with Crippen LogP contribution in [0.1, 0.15) is 0 Å². The Bertz CT molecular complexity index is 147. The molecule has 0 spiro atoms. The molecule has 1 rings (SSSR count). The van der Waals surface area contributed by atoms with Gasteiger partial charge in [0.25, 0.3) is 5.09 Å². The van der Waals surface area contributed by atoms with Crippen LogP contribution in [0, 0.1) is 10.1 Å². The summed E-state index contributed by atoms with van der Waals surface area (Å²) in [5.41, 5.74) is 5.36. The molecule has 13 nitrogen and oxygen atoms in total. The normalized spacial score (nSPS) is 22.1. The minimum atomic E-state index is -1.50. The lowest BCUT2D eigenvalue weighted by molar-refractivity contribution is -0.742. The molecule has 11 N–H and O–H groups in total. The first-order chi connectivity index (χ1) is 6.29. The summed E-state index contributed by atoms with van der Waals surface area (Å²) in [5.74, 6) is 21.0. The van der Waals surface area contributed by atoms with Gasteiger partial charge in [0, 0.05) is 0 Å². The van der Waals surface area contributed by atoms with Crippen molar-refractivity contribution in [1.29, 1.82) is 0 Å². The average molecular weight is 212 g/mol. The van der Waals surface area contributed by atoms with Crippen molar-refractivity contribution < 1.29 is 10.3 Å². The Labute approximate surface area is 77.7 Å². The van der Waals surface area contributed by atoms with Gasteiger partial charge in [-0.3, -0.25) is 5.73 Å². The number of hydrogen-bond donors (Lipinski definition) is 6. The molecular formula is CH12N10O3. The maximum atomic E-state index is 8.36. The fourth-order valence-corrected chi connectivity index (χ4v) is 0.575. The molecule has 1 aliphatic rings. The van der Waals surface area contributed by atoms with E-state index in [2.05, 4.69) is 0 Å². The Balaban J connectivity index is 0.000000364. The predicted octanol–water partition coefficient (Wildman–Crippen LogP) is -4.66. The summed E-state index contributed by atoms with van der Waals surface area (Å²) in [4.78, 5) is 8.36. The Morgan fingerprint density at radius 3 is 1.43 bits per heavy atom. The molecule has 0 saturated carbocycles. The molecular weight excluding hydrogens is 200 g/mol. The van der Waals surface area contributed by atoms with Gasteiger partial charge in [-0.25, -0.2) is 23.4 Å². The smallest absolute Gasteiger partial charge is 0.291 e. The molecule has 0 atom stereocenters. The molecule has 0 aromatic rings. The third-order valence-electron chi connectivity index (χ3n) is 1.23. The fourth-order valence-electron chi connectivity index (χ4n) is 0.575. The van der Waals surface area contributed by atoms with Crippen LogP contribution in [-0.2, 0) is 0 Å². The SMILES string of the molecule is NC1N(N)N(N)N(N)N1N.O=[N+]([O-])O. The molecule has 84 valence electrons. The number of hydrazine groups is 7. The van der Waals surface area contributed by atoms with Crippen LogP contribution in [0.3, 0.4) is 0 Å². The maximum absolute atomic E-state index is 8.36. The monoisotopic (exact) mass is 212 g/mol. The highest BCUT2D eigenvalue weighted by atomic mass is 16.9. The molecule has 0 aromatic heterocycles. The minimum absolute atomic E-state index is 0.741. The fraction of sp³-hybridized carbons (Fsp3) is 1.00. The van der Waals surface area contributed by atoms with Crippen LogP contribution in [0.2, 0.25) is 0 Å². The first-order valence-corrected chi connectivity index (χ1v) is 3.05. The molecule has 0 radical (unpaired) electrons. The van der Waals surface area contributed by atoms with E-state index in [1.807, 2.05) is 0 Å². The lowest BCUT2D eigenvalue weighted by Crippen LogP contribution is -2.58. The summed E-state index contributed by atoms with van der Waals surface area (Å²) < 4.78 is 0. The quantitative estimate of drug-likeness (QED) is 0.127. The average Bonchev–Trinajstić information content (AvgIpc) is 2.23. The predicted molar refractivity (Wildman–Crippen MR) is 40.9 cm³/mol. The van der Waals surface area contributed by atoms with Crippen LogP contribution >= 0.6 is 0 Å². The van der Waals surface area contributed by atoms with Crippen LogP contribution < -0.4 is 29.1 Å². The van der Waals surface area contributed by atoms with E-state index >= 15 is 0 Å². The molecule has 0 bridgehead atoms. The van der Waals surface area contributed by atoms with E-state index in [4.69, 9.17) is 44.4 Å². The Morgan fingerprint density at radius 1 is 1.14 bits per heavy atom. The number of nitrogens with two attached hydrogens (primary N) is 5. The molecule has 1 saturated heterocycles. The van der Waals surface area contributed by atoms with E-state index < -0.39 is 11.4 Å². The van der Waals surface area contributed by atoms with Gasteiger partial charge in [0.05, 0.1) is 0 Å². The Kier molecular flexibility index (Phi) is 4.50. The van der Waals surface area contributed by atoms with Gasteiger partial charge in [0.1, 0.15) is 0 Å². The summed E-state index contributed by atoms with van der Waals surface area (Å²) in [6.07, 6.45) is -0.741. The van der Waals surface area contributed by atoms with E-state index in [0.717, 1.165) is 20.7 Å². The van der Waals surface area contributed by atoms with Crippen molar-refractivity contribution in [3.8, 4) is 0 Å². The van der Waals surface area contributed by atoms with E-state index in [-0.39, 0.29) is 0 Å². The van der Waals surface area contributed by atoms with Gasteiger partial charge in [-0.2, -0.15) is 0 Å². The van der Waals surface area contributed by atoms with Gasteiger partial charge in [-0.1, -0.05) is 10.5 Å². The van der Waals surface area contributed by atoms with Crippen LogP contribution in [0.5, 0.6) is 0 Å². The van der Waals surface area contributed by atoms with Crippen molar-refractivity contribution in [3.63, 3.8) is 0 Å². The summed E-state index contributed by atoms with van der Waals surface area (Å²) >= 11 is 0. The lowest BCUT2D eigenvalue weighted by atomic mass is 10.9. The molecule has 0 aromatic carbocycles. The van der Waals surface area contributed by atoms with Gasteiger partial charge < -0.3 is 5.21 Å². The van der Waals surface area contributed by atoms with Gasteiger partial charge in [-0.15, -0.1) is 20.4 Å². The minimum Gasteiger partial charge on any atom is -0.328 e. The van der Waals surface area contributed by atoms with Gasteiger partial charge in [0.15, 0.2) is 6.29 Å². The molecule has 0 amide bonds. The van der Waals surface area contributed by atoms with Gasteiger partial charge >= 0.3 is 0 Å². The van der Waals surface area contributed by atoms with E-state index in [1.165, 1.54) is 0 Å². The zero-order chi connectivity index (χ0) is 11.5. The second kappa shape index (κ2) is 4.91. The van der Waals surface area contributed by atoms with Crippen molar-refractivity contribution >= 4 is 0 Å². The summed E-state index contributed by atoms with van der Waals surface area (Å²) in [5, 5.41) is 17.3. The maximum Gasteiger partial charge on any atom is 0.291 e. The second-order valence-corrected chi connectivity index (χ2v) is 2.05. The number of hydrogen-bond acceptors (Lipinski definition) is 11. The number of rotatable bonds is 0. The van der Waals surface area contributed by atoms with Crippen LogP contribution in [0.15, 0.2) is 0 Å². The Hall–Kier alpha value is -1.16. The van der Waals surface area contributed by atoms with E-state index in [9.17, 15) is 0 Å². The lowest BCUT2D eigenvalue weighted by Gasteiger charge is -2.20. The molecule has 13 heteroatoms. The van der Waals surface area contributed by atoms with Crippen molar-refractivity contribution in [2.24, 2.45) is 29.1 Å². The first-order valence-electron chi connectivity index (χ1n) is 3.05. The van der Waals surface area contributed by atoms with E-state index in [0.29, 0.717) is 0 Å². The largest absolute Gasteiger partial charge is 0.328 e. The second-order valence-electron chi connectivity index (χ2n) is 2.05. The van der Waals surface area contributed by atoms with Crippen molar-refractivity contribution in [3.05, 3.63) is 10.1 Å². The highest BCUT2D eigenvalue weighted by Crippen LogP contribution is 2.04. The third-order valence-corrected chi connectivity index (χ3v) is 1.23. The zero-order valence-electron chi connectivity index (χ0n) is 6.96. The highest BCUT2D eigenvalue weighted by molar-refractivity contribution is 4.54. The van der Waals surface area contributed by atoms with Gasteiger partial charge in [-0.05, 0) is 0 Å². The molecule has 1 fully saturated rings. The van der Waals surface area contributed by atoms with Crippen molar-refractivity contribution in [1.82, 2.24) is 20.7 Å². The highest BCUT2D eigenvalue weighted by Gasteiger charge is 2.36. The Morgan fingerprint density at radius 2 is 1.36 bits per heavy atom. The van der Waals surface area contributed by atoms with Crippen molar-refractivity contribution in [2.45, 2.75) is 6.29 Å².